The Labute approximate surface area is 163 Å². The van der Waals surface area contributed by atoms with E-state index in [1.807, 2.05) is 0 Å². The van der Waals surface area contributed by atoms with Crippen LogP contribution in [0.4, 0.5) is 38.5 Å². The summed E-state index contributed by atoms with van der Waals surface area (Å²) in [5, 5.41) is 12.1. The van der Waals surface area contributed by atoms with E-state index in [0.717, 1.165) is 34.1 Å². The number of hydrogen-bond donors (Lipinski definition) is 2. The van der Waals surface area contributed by atoms with Crippen molar-refractivity contribution in [3.8, 4) is 0 Å². The predicted molar refractivity (Wildman–Crippen MR) is 97.5 cm³/mol. The number of alkyl halides is 3. The fourth-order valence-corrected chi connectivity index (χ4v) is 3.16. The Morgan fingerprint density at radius 3 is 2.41 bits per heavy atom. The van der Waals surface area contributed by atoms with Gasteiger partial charge in [-0.15, -0.1) is 0 Å². The number of carbonyl (C=O) groups excluding carboxylic acids is 1. The molecule has 0 spiro atoms. The molecule has 3 rings (SSSR count). The minimum atomic E-state index is -4.63. The molecule has 0 saturated carbocycles. The second kappa shape index (κ2) is 7.61. The number of halogens is 4. The number of nitrogens with zero attached hydrogens (tertiary/aromatic N) is 2. The van der Waals surface area contributed by atoms with Crippen molar-refractivity contribution < 1.29 is 32.3 Å². The van der Waals surface area contributed by atoms with Gasteiger partial charge in [0.2, 0.25) is 0 Å². The van der Waals surface area contributed by atoms with Gasteiger partial charge < -0.3 is 10.4 Å². The number of aryl methyl sites for hydroxylation is 1. The molecule has 6 nitrogen and oxygen atoms in total. The lowest BCUT2D eigenvalue weighted by molar-refractivity contribution is -0.137. The van der Waals surface area contributed by atoms with E-state index in [1.165, 1.54) is 19.1 Å². The Kier molecular flexibility index (Phi) is 5.36. The molecule has 0 unspecified atom stereocenters. The van der Waals surface area contributed by atoms with Crippen LogP contribution in [0.3, 0.4) is 0 Å². The van der Waals surface area contributed by atoms with E-state index < -0.39 is 29.7 Å². The van der Waals surface area contributed by atoms with E-state index in [9.17, 15) is 32.3 Å². The SMILES string of the molecule is Cc1cc(C(F)(F)F)cc(N2CCNC2=O)c1CN(C(=O)O)c1ccc(F)cc1. The standard InChI is InChI=1S/C19H17F4N3O3/c1-11-8-12(19(21,22)23)9-16(25-7-6-24-17(25)27)15(11)10-26(18(28)29)14-4-2-13(20)3-5-14/h2-5,8-9H,6-7,10H2,1H3,(H,24,27)(H,28,29). The van der Waals surface area contributed by atoms with E-state index in [4.69, 9.17) is 0 Å². The number of amides is 3. The molecule has 29 heavy (non-hydrogen) atoms. The van der Waals surface area contributed by atoms with Crippen LogP contribution in [0.5, 0.6) is 0 Å². The molecular formula is C19H17F4N3O3. The third kappa shape index (κ3) is 4.25. The van der Waals surface area contributed by atoms with Gasteiger partial charge in [-0.05, 0) is 54.4 Å². The minimum Gasteiger partial charge on any atom is -0.465 e. The second-order valence-electron chi connectivity index (χ2n) is 6.52. The van der Waals surface area contributed by atoms with Crippen LogP contribution in [-0.4, -0.2) is 30.3 Å². The van der Waals surface area contributed by atoms with Crippen molar-refractivity contribution in [2.24, 2.45) is 0 Å². The molecule has 3 amide bonds. The zero-order valence-corrected chi connectivity index (χ0v) is 15.3. The summed E-state index contributed by atoms with van der Waals surface area (Å²) < 4.78 is 53.1. The van der Waals surface area contributed by atoms with Gasteiger partial charge in [-0.25, -0.2) is 14.0 Å². The molecule has 10 heteroatoms. The van der Waals surface area contributed by atoms with Crippen LogP contribution in [-0.2, 0) is 12.7 Å². The molecule has 0 atom stereocenters. The molecular weight excluding hydrogens is 394 g/mol. The van der Waals surface area contributed by atoms with Crippen molar-refractivity contribution in [2.45, 2.75) is 19.6 Å². The summed E-state index contributed by atoms with van der Waals surface area (Å²) in [5.74, 6) is -0.556. The summed E-state index contributed by atoms with van der Waals surface area (Å²) in [5.41, 5.74) is -0.363. The quantitative estimate of drug-likeness (QED) is 0.734. The number of benzene rings is 2. The number of hydrogen-bond acceptors (Lipinski definition) is 2. The molecule has 1 aliphatic heterocycles. The van der Waals surface area contributed by atoms with Crippen LogP contribution < -0.4 is 15.1 Å². The third-order valence-corrected chi connectivity index (χ3v) is 4.61. The number of anilines is 2. The molecule has 0 aliphatic carbocycles. The van der Waals surface area contributed by atoms with E-state index in [0.29, 0.717) is 0 Å². The van der Waals surface area contributed by atoms with Gasteiger partial charge in [0.1, 0.15) is 5.82 Å². The average Bonchev–Trinajstić information content (AvgIpc) is 3.06. The highest BCUT2D eigenvalue weighted by Gasteiger charge is 2.34. The van der Waals surface area contributed by atoms with E-state index in [2.05, 4.69) is 5.32 Å². The van der Waals surface area contributed by atoms with Crippen molar-refractivity contribution >= 4 is 23.5 Å². The first-order valence-corrected chi connectivity index (χ1v) is 8.60. The van der Waals surface area contributed by atoms with Gasteiger partial charge in [0.25, 0.3) is 0 Å². The Bertz CT molecular complexity index is 945. The summed E-state index contributed by atoms with van der Waals surface area (Å²) in [6, 6.07) is 5.87. The Hall–Kier alpha value is -3.30. The Morgan fingerprint density at radius 1 is 1.24 bits per heavy atom. The molecule has 1 aliphatic rings. The maximum Gasteiger partial charge on any atom is 0.416 e. The second-order valence-corrected chi connectivity index (χ2v) is 6.52. The van der Waals surface area contributed by atoms with Gasteiger partial charge in [0.15, 0.2) is 0 Å². The van der Waals surface area contributed by atoms with Gasteiger partial charge in [-0.2, -0.15) is 13.2 Å². The molecule has 1 fully saturated rings. The highest BCUT2D eigenvalue weighted by atomic mass is 19.4. The number of carbonyl (C=O) groups is 2. The summed E-state index contributed by atoms with van der Waals surface area (Å²) >= 11 is 0. The fraction of sp³-hybridized carbons (Fsp3) is 0.263. The lowest BCUT2D eigenvalue weighted by atomic mass is 10.0. The van der Waals surface area contributed by atoms with Crippen LogP contribution in [0.15, 0.2) is 36.4 Å². The topological polar surface area (TPSA) is 72.9 Å². The molecule has 0 aromatic heterocycles. The average molecular weight is 411 g/mol. The molecule has 0 radical (unpaired) electrons. The molecule has 1 saturated heterocycles. The Balaban J connectivity index is 2.10. The smallest absolute Gasteiger partial charge is 0.416 e. The van der Waals surface area contributed by atoms with Gasteiger partial charge in [-0.3, -0.25) is 9.80 Å². The number of rotatable bonds is 4. The first-order valence-electron chi connectivity index (χ1n) is 8.60. The first-order chi connectivity index (χ1) is 13.6. The lowest BCUT2D eigenvalue weighted by Gasteiger charge is -2.26. The number of nitrogens with one attached hydrogen (secondary N) is 1. The molecule has 2 aromatic carbocycles. The summed E-state index contributed by atoms with van der Waals surface area (Å²) in [6.07, 6.45) is -6.00. The minimum absolute atomic E-state index is 0.0133. The predicted octanol–water partition coefficient (Wildman–Crippen LogP) is 4.37. The molecule has 1 heterocycles. The van der Waals surface area contributed by atoms with Crippen LogP contribution in [0.25, 0.3) is 0 Å². The van der Waals surface area contributed by atoms with Gasteiger partial charge in [0.05, 0.1) is 17.8 Å². The first kappa shape index (κ1) is 20.4. The van der Waals surface area contributed by atoms with Crippen LogP contribution in [0, 0.1) is 12.7 Å². The van der Waals surface area contributed by atoms with Crippen LogP contribution in [0.1, 0.15) is 16.7 Å². The zero-order chi connectivity index (χ0) is 21.3. The van der Waals surface area contributed by atoms with Crippen molar-refractivity contribution in [1.82, 2.24) is 5.32 Å². The van der Waals surface area contributed by atoms with Gasteiger partial charge in [0, 0.05) is 18.8 Å². The number of carboxylic acid groups (broad SMARTS) is 1. The van der Waals surface area contributed by atoms with E-state index in [1.54, 1.807) is 0 Å². The zero-order valence-electron chi connectivity index (χ0n) is 15.3. The van der Waals surface area contributed by atoms with Crippen LogP contribution in [0.2, 0.25) is 0 Å². The third-order valence-electron chi connectivity index (χ3n) is 4.61. The summed E-state index contributed by atoms with van der Waals surface area (Å²) in [7, 11) is 0. The maximum absolute atomic E-state index is 13.3. The fourth-order valence-electron chi connectivity index (χ4n) is 3.16. The van der Waals surface area contributed by atoms with Gasteiger partial charge in [-0.1, -0.05) is 0 Å². The number of urea groups is 1. The molecule has 0 bridgehead atoms. The van der Waals surface area contributed by atoms with E-state index in [-0.39, 0.29) is 42.1 Å². The summed E-state index contributed by atoms with van der Waals surface area (Å²) in [4.78, 5) is 25.9. The van der Waals surface area contributed by atoms with Crippen molar-refractivity contribution in [3.63, 3.8) is 0 Å². The van der Waals surface area contributed by atoms with E-state index >= 15 is 0 Å². The highest BCUT2D eigenvalue weighted by molar-refractivity contribution is 5.95. The largest absolute Gasteiger partial charge is 0.465 e. The lowest BCUT2D eigenvalue weighted by Crippen LogP contribution is -2.33. The van der Waals surface area contributed by atoms with Crippen molar-refractivity contribution in [3.05, 3.63) is 58.9 Å². The van der Waals surface area contributed by atoms with Crippen molar-refractivity contribution in [2.75, 3.05) is 22.9 Å². The summed E-state index contributed by atoms with van der Waals surface area (Å²) in [6.45, 7) is 1.52. The molecule has 2 N–H and O–H groups in total. The molecule has 154 valence electrons. The molecule has 2 aromatic rings. The maximum atomic E-state index is 13.3. The van der Waals surface area contributed by atoms with Crippen molar-refractivity contribution in [1.29, 1.82) is 0 Å². The highest BCUT2D eigenvalue weighted by Crippen LogP contribution is 2.37. The Morgan fingerprint density at radius 2 is 1.90 bits per heavy atom. The monoisotopic (exact) mass is 411 g/mol. The van der Waals surface area contributed by atoms with Crippen LogP contribution >= 0.6 is 0 Å². The van der Waals surface area contributed by atoms with Gasteiger partial charge >= 0.3 is 18.3 Å². The normalized spacial score (nSPS) is 14.1.